The molecule has 0 spiro atoms. The van der Waals surface area contributed by atoms with E-state index in [1.165, 1.54) is 18.4 Å². The lowest BCUT2D eigenvalue weighted by atomic mass is 10.1. The molecule has 1 aliphatic heterocycles. The molecule has 1 saturated heterocycles. The number of likely N-dealkylation sites (tertiary alicyclic amines) is 1. The van der Waals surface area contributed by atoms with Gasteiger partial charge in [0.05, 0.1) is 19.7 Å². The maximum Gasteiger partial charge on any atom is 0.191 e. The molecular weight excluding hydrogens is 505 g/mol. The largest absolute Gasteiger partial charge is 0.497 e. The van der Waals surface area contributed by atoms with Crippen molar-refractivity contribution in [2.24, 2.45) is 4.99 Å². The van der Waals surface area contributed by atoms with Gasteiger partial charge in [0.2, 0.25) is 0 Å². The number of ether oxygens (including phenoxy) is 1. The fourth-order valence-electron chi connectivity index (χ4n) is 3.95. The first-order valence-electron chi connectivity index (χ1n) is 10.4. The van der Waals surface area contributed by atoms with Crippen LogP contribution in [-0.2, 0) is 6.54 Å². The van der Waals surface area contributed by atoms with Crippen LogP contribution < -0.4 is 15.4 Å². The number of fused-ring (bicyclic) bond motifs is 1. The van der Waals surface area contributed by atoms with Crippen molar-refractivity contribution in [2.75, 3.05) is 33.8 Å². The Kier molecular flexibility index (Phi) is 8.47. The van der Waals surface area contributed by atoms with Crippen LogP contribution in [0.1, 0.15) is 30.3 Å². The van der Waals surface area contributed by atoms with Crippen LogP contribution in [0.5, 0.6) is 5.75 Å². The van der Waals surface area contributed by atoms with Crippen molar-refractivity contribution in [3.05, 3.63) is 60.0 Å². The highest BCUT2D eigenvalue weighted by Gasteiger charge is 2.24. The molecule has 2 aromatic heterocycles. The average molecular weight is 535 g/mol. The molecular formula is C22H30IN7O. The molecule has 2 N–H and O–H groups in total. The molecule has 4 rings (SSSR count). The molecule has 0 amide bonds. The van der Waals surface area contributed by atoms with Gasteiger partial charge in [-0.15, -0.1) is 34.2 Å². The molecule has 8 nitrogen and oxygen atoms in total. The van der Waals surface area contributed by atoms with E-state index in [2.05, 4.69) is 48.9 Å². The number of aliphatic imine (C=N–C) groups is 1. The molecule has 1 aliphatic rings. The summed E-state index contributed by atoms with van der Waals surface area (Å²) in [5.41, 5.74) is 2.09. The van der Waals surface area contributed by atoms with Gasteiger partial charge in [0.25, 0.3) is 0 Å². The molecule has 0 saturated carbocycles. The number of guanidine groups is 1. The van der Waals surface area contributed by atoms with Gasteiger partial charge in [0.1, 0.15) is 5.75 Å². The number of benzene rings is 1. The van der Waals surface area contributed by atoms with Gasteiger partial charge in [0.15, 0.2) is 17.4 Å². The summed E-state index contributed by atoms with van der Waals surface area (Å²) in [4.78, 5) is 6.92. The van der Waals surface area contributed by atoms with E-state index in [-0.39, 0.29) is 30.0 Å². The first-order chi connectivity index (χ1) is 14.8. The number of methoxy groups -OCH3 is 1. The Morgan fingerprint density at radius 2 is 1.97 bits per heavy atom. The lowest BCUT2D eigenvalue weighted by molar-refractivity contribution is 0.245. The number of pyridine rings is 1. The number of hydrogen-bond donors (Lipinski definition) is 2. The summed E-state index contributed by atoms with van der Waals surface area (Å²) in [7, 11) is 3.50. The van der Waals surface area contributed by atoms with Crippen LogP contribution in [0.2, 0.25) is 0 Å². The third-order valence-corrected chi connectivity index (χ3v) is 5.54. The summed E-state index contributed by atoms with van der Waals surface area (Å²) in [6.07, 6.45) is 4.45. The van der Waals surface area contributed by atoms with Crippen molar-refractivity contribution in [3.63, 3.8) is 0 Å². The van der Waals surface area contributed by atoms with E-state index in [4.69, 9.17) is 4.74 Å². The van der Waals surface area contributed by atoms with Crippen molar-refractivity contribution in [1.29, 1.82) is 0 Å². The van der Waals surface area contributed by atoms with E-state index in [1.54, 1.807) is 14.2 Å². The summed E-state index contributed by atoms with van der Waals surface area (Å²) in [6.45, 7) is 3.52. The van der Waals surface area contributed by atoms with E-state index >= 15 is 0 Å². The fraction of sp³-hybridized carbons (Fsp3) is 0.409. The predicted molar refractivity (Wildman–Crippen MR) is 133 cm³/mol. The zero-order chi connectivity index (χ0) is 20.8. The molecule has 166 valence electrons. The van der Waals surface area contributed by atoms with E-state index in [0.29, 0.717) is 6.54 Å². The third-order valence-electron chi connectivity index (χ3n) is 5.54. The quantitative estimate of drug-likeness (QED) is 0.275. The molecule has 3 aromatic rings. The first kappa shape index (κ1) is 23.3. The van der Waals surface area contributed by atoms with Crippen molar-refractivity contribution >= 4 is 35.6 Å². The lowest BCUT2D eigenvalue weighted by Crippen LogP contribution is -2.42. The van der Waals surface area contributed by atoms with E-state index < -0.39 is 0 Å². The molecule has 1 fully saturated rings. The van der Waals surface area contributed by atoms with E-state index in [1.807, 2.05) is 34.9 Å². The molecule has 0 bridgehead atoms. The Morgan fingerprint density at radius 3 is 2.74 bits per heavy atom. The van der Waals surface area contributed by atoms with Crippen LogP contribution in [0.4, 0.5) is 0 Å². The second kappa shape index (κ2) is 11.3. The molecule has 1 aromatic carbocycles. The van der Waals surface area contributed by atoms with Gasteiger partial charge in [-0.2, -0.15) is 0 Å². The summed E-state index contributed by atoms with van der Waals surface area (Å²) < 4.78 is 7.42. The minimum Gasteiger partial charge on any atom is -0.497 e. The van der Waals surface area contributed by atoms with Crippen molar-refractivity contribution < 1.29 is 4.74 Å². The highest BCUT2D eigenvalue weighted by Crippen LogP contribution is 2.27. The van der Waals surface area contributed by atoms with Gasteiger partial charge in [-0.05, 0) is 55.8 Å². The Labute approximate surface area is 200 Å². The molecule has 0 aliphatic carbocycles. The van der Waals surface area contributed by atoms with Crippen LogP contribution in [0.15, 0.2) is 53.7 Å². The predicted octanol–water partition coefficient (Wildman–Crippen LogP) is 2.86. The monoisotopic (exact) mass is 535 g/mol. The molecule has 0 radical (unpaired) electrons. The highest BCUT2D eigenvalue weighted by molar-refractivity contribution is 14.0. The summed E-state index contributed by atoms with van der Waals surface area (Å²) in [6, 6.07) is 14.5. The van der Waals surface area contributed by atoms with Gasteiger partial charge >= 0.3 is 0 Å². The zero-order valence-corrected chi connectivity index (χ0v) is 20.3. The number of nitrogens with one attached hydrogen (secondary N) is 2. The normalized spacial score (nSPS) is 15.5. The number of nitrogens with zero attached hydrogens (tertiary/aromatic N) is 5. The maximum absolute atomic E-state index is 5.44. The zero-order valence-electron chi connectivity index (χ0n) is 18.0. The number of rotatable bonds is 7. The van der Waals surface area contributed by atoms with Gasteiger partial charge in [-0.1, -0.05) is 18.2 Å². The SMILES string of the molecule is CN=C(NCc1nnc2ccccn12)NCC(c1cccc(OC)c1)N1CCCC1.I. The Morgan fingerprint density at radius 1 is 1.13 bits per heavy atom. The number of halogens is 1. The highest BCUT2D eigenvalue weighted by atomic mass is 127. The smallest absolute Gasteiger partial charge is 0.191 e. The Balaban J connectivity index is 0.00000272. The topological polar surface area (TPSA) is 79.1 Å². The third kappa shape index (κ3) is 5.65. The van der Waals surface area contributed by atoms with Crippen LogP contribution >= 0.6 is 24.0 Å². The van der Waals surface area contributed by atoms with E-state index in [9.17, 15) is 0 Å². The standard InChI is InChI=1S/C22H29N7O.HI/c1-23-22(25-16-21-27-26-20-10-3-4-13-29(20)21)24-15-19(28-11-5-6-12-28)17-8-7-9-18(14-17)30-2;/h3-4,7-10,13-14,19H,5-6,11-12,15-16H2,1-2H3,(H2,23,24,25);1H. The Hall–Kier alpha value is -2.40. The van der Waals surface area contributed by atoms with Crippen molar-refractivity contribution in [2.45, 2.75) is 25.4 Å². The van der Waals surface area contributed by atoms with Gasteiger partial charge in [-0.25, -0.2) is 0 Å². The van der Waals surface area contributed by atoms with Crippen LogP contribution in [-0.4, -0.2) is 59.2 Å². The fourth-order valence-corrected chi connectivity index (χ4v) is 3.95. The average Bonchev–Trinajstić information content (AvgIpc) is 3.47. The molecule has 9 heteroatoms. The summed E-state index contributed by atoms with van der Waals surface area (Å²) in [5, 5.41) is 15.3. The van der Waals surface area contributed by atoms with Crippen LogP contribution in [0.3, 0.4) is 0 Å². The van der Waals surface area contributed by atoms with Gasteiger partial charge in [0, 0.05) is 19.8 Å². The van der Waals surface area contributed by atoms with Gasteiger partial charge in [-0.3, -0.25) is 14.3 Å². The summed E-state index contributed by atoms with van der Waals surface area (Å²) in [5.74, 6) is 2.48. The van der Waals surface area contributed by atoms with Crippen molar-refractivity contribution in [1.82, 2.24) is 30.1 Å². The molecule has 1 atom stereocenters. The van der Waals surface area contributed by atoms with Crippen LogP contribution in [0.25, 0.3) is 5.65 Å². The van der Waals surface area contributed by atoms with Gasteiger partial charge < -0.3 is 15.4 Å². The minimum absolute atomic E-state index is 0. The minimum atomic E-state index is 0. The first-order valence-corrected chi connectivity index (χ1v) is 10.4. The molecule has 3 heterocycles. The second-order valence-corrected chi connectivity index (χ2v) is 7.39. The van der Waals surface area contributed by atoms with Crippen molar-refractivity contribution in [3.8, 4) is 5.75 Å². The second-order valence-electron chi connectivity index (χ2n) is 7.39. The summed E-state index contributed by atoms with van der Waals surface area (Å²) >= 11 is 0. The maximum atomic E-state index is 5.44. The Bertz CT molecular complexity index is 1000. The number of hydrogen-bond acceptors (Lipinski definition) is 5. The molecule has 1 unspecified atom stereocenters. The lowest BCUT2D eigenvalue weighted by Gasteiger charge is -2.29. The molecule has 31 heavy (non-hydrogen) atoms. The van der Waals surface area contributed by atoms with Crippen LogP contribution in [0, 0.1) is 0 Å². The van der Waals surface area contributed by atoms with E-state index in [0.717, 1.165) is 42.8 Å². The number of aromatic nitrogens is 3.